The summed E-state index contributed by atoms with van der Waals surface area (Å²) in [5, 5.41) is 0. The number of halogens is 2. The van der Waals surface area contributed by atoms with Gasteiger partial charge in [-0.1, -0.05) is 19.1 Å². The predicted molar refractivity (Wildman–Crippen MR) is 42.8 cm³/mol. The molecule has 2 nitrogen and oxygen atoms in total. The zero-order valence-electron chi connectivity index (χ0n) is 6.22. The second-order valence-electron chi connectivity index (χ2n) is 2.02. The van der Waals surface area contributed by atoms with E-state index in [1.165, 1.54) is 0 Å². The minimum absolute atomic E-state index is 0.133. The highest BCUT2D eigenvalue weighted by atomic mass is 32.1. The van der Waals surface area contributed by atoms with Crippen molar-refractivity contribution in [2.45, 2.75) is 25.9 Å². The number of rotatable bonds is 5. The second-order valence-corrected chi connectivity index (χ2v) is 2.50. The summed E-state index contributed by atoms with van der Waals surface area (Å²) >= 11 is 4.58. The summed E-state index contributed by atoms with van der Waals surface area (Å²) < 4.78 is 27.9. The molecule has 2 N–H and O–H groups in total. The molecule has 0 fully saturated rings. The maximum absolute atomic E-state index is 11.6. The number of ether oxygens (including phenoxy) is 1. The minimum Gasteiger partial charge on any atom is -0.391 e. The Morgan fingerprint density at radius 1 is 1.64 bits per heavy atom. The first-order valence-electron chi connectivity index (χ1n) is 3.27. The maximum Gasteiger partial charge on any atom is 0.261 e. The molecule has 0 rings (SSSR count). The first kappa shape index (κ1) is 10.7. The molecule has 0 aromatic rings. The van der Waals surface area contributed by atoms with E-state index in [9.17, 15) is 8.78 Å². The second kappa shape index (κ2) is 5.37. The van der Waals surface area contributed by atoms with Crippen molar-refractivity contribution >= 4 is 17.2 Å². The van der Waals surface area contributed by atoms with Gasteiger partial charge >= 0.3 is 0 Å². The molecule has 1 unspecified atom stereocenters. The van der Waals surface area contributed by atoms with Gasteiger partial charge in [0.1, 0.15) is 17.7 Å². The van der Waals surface area contributed by atoms with Crippen LogP contribution in [0.25, 0.3) is 0 Å². The number of thiocarbonyl (C=S) groups is 1. The fourth-order valence-electron chi connectivity index (χ4n) is 0.590. The van der Waals surface area contributed by atoms with Crippen LogP contribution in [0.5, 0.6) is 0 Å². The highest BCUT2D eigenvalue weighted by molar-refractivity contribution is 7.80. The smallest absolute Gasteiger partial charge is 0.261 e. The fraction of sp³-hybridized carbons (Fsp3) is 0.833. The van der Waals surface area contributed by atoms with E-state index < -0.39 is 19.1 Å². The van der Waals surface area contributed by atoms with Gasteiger partial charge < -0.3 is 10.5 Å². The molecule has 0 heterocycles. The van der Waals surface area contributed by atoms with Crippen LogP contribution in [0, 0.1) is 0 Å². The van der Waals surface area contributed by atoms with Crippen molar-refractivity contribution in [2.75, 3.05) is 6.61 Å². The largest absolute Gasteiger partial charge is 0.391 e. The van der Waals surface area contributed by atoms with Crippen LogP contribution in [0.15, 0.2) is 0 Å². The molecule has 0 saturated carbocycles. The summed E-state index contributed by atoms with van der Waals surface area (Å²) in [6.07, 6.45) is -2.44. The lowest BCUT2D eigenvalue weighted by Gasteiger charge is -2.13. The lowest BCUT2D eigenvalue weighted by molar-refractivity contribution is -0.000831. The Labute approximate surface area is 69.7 Å². The SMILES string of the molecule is CCC(OCC(F)F)C(N)=S. The molecular formula is C6H11F2NOS. The normalized spacial score (nSPS) is 13.5. The summed E-state index contributed by atoms with van der Waals surface area (Å²) in [6.45, 7) is 1.17. The summed E-state index contributed by atoms with van der Waals surface area (Å²) in [4.78, 5) is 0.133. The third kappa shape index (κ3) is 5.03. The topological polar surface area (TPSA) is 35.2 Å². The van der Waals surface area contributed by atoms with Crippen molar-refractivity contribution in [3.8, 4) is 0 Å². The van der Waals surface area contributed by atoms with E-state index >= 15 is 0 Å². The average Bonchev–Trinajstić information content (AvgIpc) is 1.87. The highest BCUT2D eigenvalue weighted by Crippen LogP contribution is 2.01. The summed E-state index contributed by atoms with van der Waals surface area (Å²) in [5.41, 5.74) is 5.19. The molecule has 0 aromatic carbocycles. The molecule has 1 atom stereocenters. The molecule has 0 radical (unpaired) electrons. The van der Waals surface area contributed by atoms with E-state index in [4.69, 9.17) is 10.5 Å². The van der Waals surface area contributed by atoms with Crippen molar-refractivity contribution in [3.05, 3.63) is 0 Å². The van der Waals surface area contributed by atoms with E-state index in [1.54, 1.807) is 6.92 Å². The van der Waals surface area contributed by atoms with Gasteiger partial charge in [0.15, 0.2) is 0 Å². The molecule has 0 bridgehead atoms. The molecule has 0 aliphatic rings. The van der Waals surface area contributed by atoms with Gasteiger partial charge in [-0.15, -0.1) is 0 Å². The van der Waals surface area contributed by atoms with Gasteiger partial charge in [0.2, 0.25) is 0 Å². The van der Waals surface area contributed by atoms with Gasteiger partial charge in [-0.2, -0.15) is 0 Å². The summed E-state index contributed by atoms with van der Waals surface area (Å²) in [5.74, 6) is 0. The Kier molecular flexibility index (Phi) is 5.23. The van der Waals surface area contributed by atoms with E-state index in [0.29, 0.717) is 6.42 Å². The first-order valence-corrected chi connectivity index (χ1v) is 3.67. The molecule has 0 spiro atoms. The van der Waals surface area contributed by atoms with Gasteiger partial charge in [-0.25, -0.2) is 8.78 Å². The van der Waals surface area contributed by atoms with Crippen LogP contribution in [0.3, 0.4) is 0 Å². The van der Waals surface area contributed by atoms with Crippen LogP contribution >= 0.6 is 12.2 Å². The Balaban J connectivity index is 3.61. The van der Waals surface area contributed by atoms with Gasteiger partial charge in [-0.05, 0) is 6.42 Å². The van der Waals surface area contributed by atoms with E-state index in [2.05, 4.69) is 12.2 Å². The number of alkyl halides is 2. The predicted octanol–water partition coefficient (Wildman–Crippen LogP) is 1.33. The molecule has 0 saturated heterocycles. The highest BCUT2D eigenvalue weighted by Gasteiger charge is 2.12. The van der Waals surface area contributed by atoms with Gasteiger partial charge in [0.05, 0.1) is 0 Å². The molecule has 66 valence electrons. The third-order valence-corrected chi connectivity index (χ3v) is 1.37. The maximum atomic E-state index is 11.6. The van der Waals surface area contributed by atoms with Gasteiger partial charge in [-0.3, -0.25) is 0 Å². The van der Waals surface area contributed by atoms with Crippen LogP contribution in [-0.2, 0) is 4.74 Å². The summed E-state index contributed by atoms with van der Waals surface area (Å²) in [7, 11) is 0. The Hall–Kier alpha value is -0.290. The Morgan fingerprint density at radius 3 is 2.45 bits per heavy atom. The zero-order valence-corrected chi connectivity index (χ0v) is 7.04. The lowest BCUT2D eigenvalue weighted by atomic mass is 10.3. The van der Waals surface area contributed by atoms with Crippen LogP contribution < -0.4 is 5.73 Å². The van der Waals surface area contributed by atoms with E-state index in [1.807, 2.05) is 0 Å². The van der Waals surface area contributed by atoms with Crippen molar-refractivity contribution in [2.24, 2.45) is 5.73 Å². The molecule has 0 aliphatic carbocycles. The van der Waals surface area contributed by atoms with E-state index in [0.717, 1.165) is 0 Å². The van der Waals surface area contributed by atoms with Gasteiger partial charge in [0, 0.05) is 0 Å². The van der Waals surface area contributed by atoms with Crippen LogP contribution in [-0.4, -0.2) is 24.1 Å². The standard InChI is InChI=1S/C6H11F2NOS/c1-2-4(6(9)11)10-3-5(7)8/h4-5H,2-3H2,1H3,(H2,9,11). The monoisotopic (exact) mass is 183 g/mol. The number of nitrogens with two attached hydrogens (primary N) is 1. The molecule has 0 aliphatic heterocycles. The van der Waals surface area contributed by atoms with Crippen molar-refractivity contribution < 1.29 is 13.5 Å². The van der Waals surface area contributed by atoms with Crippen molar-refractivity contribution in [1.29, 1.82) is 0 Å². The summed E-state index contributed by atoms with van der Waals surface area (Å²) in [6, 6.07) is 0. The average molecular weight is 183 g/mol. The quantitative estimate of drug-likeness (QED) is 0.653. The Bertz CT molecular complexity index is 132. The van der Waals surface area contributed by atoms with Crippen LogP contribution in [0.1, 0.15) is 13.3 Å². The van der Waals surface area contributed by atoms with Crippen molar-refractivity contribution in [1.82, 2.24) is 0 Å². The third-order valence-electron chi connectivity index (χ3n) is 1.11. The van der Waals surface area contributed by atoms with E-state index in [-0.39, 0.29) is 4.99 Å². The molecule has 5 heteroatoms. The molecule has 11 heavy (non-hydrogen) atoms. The zero-order chi connectivity index (χ0) is 8.85. The fourth-order valence-corrected chi connectivity index (χ4v) is 0.825. The number of hydrogen-bond donors (Lipinski definition) is 1. The van der Waals surface area contributed by atoms with Gasteiger partial charge in [0.25, 0.3) is 6.43 Å². The molecule has 0 amide bonds. The minimum atomic E-state index is -2.46. The Morgan fingerprint density at radius 2 is 2.18 bits per heavy atom. The van der Waals surface area contributed by atoms with Crippen LogP contribution in [0.4, 0.5) is 8.78 Å². The lowest BCUT2D eigenvalue weighted by Crippen LogP contribution is -2.30. The molecule has 0 aromatic heterocycles. The first-order chi connectivity index (χ1) is 5.07. The van der Waals surface area contributed by atoms with Crippen molar-refractivity contribution in [3.63, 3.8) is 0 Å². The van der Waals surface area contributed by atoms with Crippen LogP contribution in [0.2, 0.25) is 0 Å². The number of hydrogen-bond acceptors (Lipinski definition) is 2. The molecular weight excluding hydrogens is 172 g/mol.